The van der Waals surface area contributed by atoms with Crippen molar-refractivity contribution in [3.63, 3.8) is 0 Å². The Labute approximate surface area is 164 Å². The SMILES string of the molecule is O=C(OCCCCO)c1ccc(-c2ccc(C(=O)OCCCCO)cc2)cc1. The van der Waals surface area contributed by atoms with Crippen LogP contribution in [0.15, 0.2) is 48.5 Å². The number of ether oxygens (including phenoxy) is 2. The van der Waals surface area contributed by atoms with Crippen LogP contribution in [0.25, 0.3) is 11.1 Å². The van der Waals surface area contributed by atoms with E-state index < -0.39 is 0 Å². The van der Waals surface area contributed by atoms with Crippen LogP contribution in [0.2, 0.25) is 0 Å². The summed E-state index contributed by atoms with van der Waals surface area (Å²) in [6.45, 7) is 0.760. The maximum atomic E-state index is 12.0. The van der Waals surface area contributed by atoms with Crippen molar-refractivity contribution in [3.8, 4) is 11.1 Å². The van der Waals surface area contributed by atoms with Crippen LogP contribution in [0.5, 0.6) is 0 Å². The number of hydrogen-bond donors (Lipinski definition) is 2. The first-order valence-electron chi connectivity index (χ1n) is 9.42. The van der Waals surface area contributed by atoms with E-state index >= 15 is 0 Å². The Kier molecular flexibility index (Phi) is 9.18. The van der Waals surface area contributed by atoms with Gasteiger partial charge in [-0.05, 0) is 61.1 Å². The summed E-state index contributed by atoms with van der Waals surface area (Å²) in [5.41, 5.74) is 2.77. The molecule has 0 unspecified atom stereocenters. The number of esters is 2. The molecule has 150 valence electrons. The van der Waals surface area contributed by atoms with Crippen molar-refractivity contribution in [1.82, 2.24) is 0 Å². The minimum atomic E-state index is -0.385. The second-order valence-corrected chi connectivity index (χ2v) is 6.29. The summed E-state index contributed by atoms with van der Waals surface area (Å²) >= 11 is 0. The number of unbranched alkanes of at least 4 members (excludes halogenated alkanes) is 2. The molecule has 0 aromatic heterocycles. The van der Waals surface area contributed by atoms with Gasteiger partial charge in [0.05, 0.1) is 24.3 Å². The predicted octanol–water partition coefficient (Wildman–Crippen LogP) is 3.21. The van der Waals surface area contributed by atoms with Gasteiger partial charge in [-0.3, -0.25) is 0 Å². The van der Waals surface area contributed by atoms with Crippen LogP contribution in [0.1, 0.15) is 46.4 Å². The number of rotatable bonds is 11. The Morgan fingerprint density at radius 1 is 0.607 bits per heavy atom. The quantitative estimate of drug-likeness (QED) is 0.455. The van der Waals surface area contributed by atoms with E-state index in [1.54, 1.807) is 24.3 Å². The number of carbonyl (C=O) groups excluding carboxylic acids is 2. The van der Waals surface area contributed by atoms with Crippen LogP contribution in [0.4, 0.5) is 0 Å². The first kappa shape index (κ1) is 21.6. The lowest BCUT2D eigenvalue weighted by atomic mass is 10.0. The van der Waals surface area contributed by atoms with E-state index in [1.165, 1.54) is 0 Å². The van der Waals surface area contributed by atoms with E-state index in [4.69, 9.17) is 19.7 Å². The maximum Gasteiger partial charge on any atom is 0.338 e. The first-order chi connectivity index (χ1) is 13.7. The third-order valence-corrected chi connectivity index (χ3v) is 4.15. The molecule has 0 amide bonds. The normalized spacial score (nSPS) is 10.5. The van der Waals surface area contributed by atoms with Crippen molar-refractivity contribution in [1.29, 1.82) is 0 Å². The molecule has 2 aromatic carbocycles. The number of hydrogen-bond acceptors (Lipinski definition) is 6. The average Bonchev–Trinajstić information content (AvgIpc) is 2.74. The van der Waals surface area contributed by atoms with E-state index in [2.05, 4.69) is 0 Å². The molecule has 0 bridgehead atoms. The van der Waals surface area contributed by atoms with Gasteiger partial charge in [0.15, 0.2) is 0 Å². The second-order valence-electron chi connectivity index (χ2n) is 6.29. The molecule has 6 nitrogen and oxygen atoms in total. The van der Waals surface area contributed by atoms with Gasteiger partial charge >= 0.3 is 11.9 Å². The molecule has 0 radical (unpaired) electrons. The van der Waals surface area contributed by atoms with E-state index in [0.717, 1.165) is 11.1 Å². The van der Waals surface area contributed by atoms with E-state index in [0.29, 0.717) is 50.0 Å². The highest BCUT2D eigenvalue weighted by Crippen LogP contribution is 2.21. The minimum Gasteiger partial charge on any atom is -0.462 e. The van der Waals surface area contributed by atoms with E-state index in [9.17, 15) is 9.59 Å². The summed E-state index contributed by atoms with van der Waals surface area (Å²) in [5, 5.41) is 17.4. The summed E-state index contributed by atoms with van der Waals surface area (Å²) in [7, 11) is 0. The third-order valence-electron chi connectivity index (χ3n) is 4.15. The molecule has 2 aromatic rings. The van der Waals surface area contributed by atoms with Crippen LogP contribution in [0.3, 0.4) is 0 Å². The number of benzene rings is 2. The monoisotopic (exact) mass is 386 g/mol. The molecular formula is C22H26O6. The molecule has 0 aliphatic carbocycles. The number of carbonyl (C=O) groups is 2. The van der Waals surface area contributed by atoms with Gasteiger partial charge in [-0.1, -0.05) is 24.3 Å². The van der Waals surface area contributed by atoms with Gasteiger partial charge in [-0.2, -0.15) is 0 Å². The molecule has 28 heavy (non-hydrogen) atoms. The zero-order chi connectivity index (χ0) is 20.2. The Morgan fingerprint density at radius 3 is 1.29 bits per heavy atom. The summed E-state index contributed by atoms with van der Waals surface area (Å²) in [6, 6.07) is 14.1. The van der Waals surface area contributed by atoms with E-state index in [1.807, 2.05) is 24.3 Å². The van der Waals surface area contributed by atoms with Gasteiger partial charge in [-0.25, -0.2) is 9.59 Å². The zero-order valence-electron chi connectivity index (χ0n) is 15.8. The molecule has 0 aliphatic rings. The fourth-order valence-corrected chi connectivity index (χ4v) is 2.52. The van der Waals surface area contributed by atoms with Gasteiger partial charge < -0.3 is 19.7 Å². The largest absolute Gasteiger partial charge is 0.462 e. The smallest absolute Gasteiger partial charge is 0.338 e. The van der Waals surface area contributed by atoms with Crippen molar-refractivity contribution in [2.75, 3.05) is 26.4 Å². The van der Waals surface area contributed by atoms with E-state index in [-0.39, 0.29) is 25.2 Å². The van der Waals surface area contributed by atoms with Gasteiger partial charge in [0, 0.05) is 13.2 Å². The van der Waals surface area contributed by atoms with Crippen LogP contribution in [-0.2, 0) is 9.47 Å². The average molecular weight is 386 g/mol. The lowest BCUT2D eigenvalue weighted by Gasteiger charge is -2.07. The van der Waals surface area contributed by atoms with Gasteiger partial charge in [0.1, 0.15) is 0 Å². The number of aliphatic hydroxyl groups is 2. The summed E-state index contributed by atoms with van der Waals surface area (Å²) in [5.74, 6) is -0.771. The van der Waals surface area contributed by atoms with Crippen molar-refractivity contribution < 1.29 is 29.3 Å². The summed E-state index contributed by atoms with van der Waals surface area (Å²) in [4.78, 5) is 23.9. The first-order valence-corrected chi connectivity index (χ1v) is 9.42. The van der Waals surface area contributed by atoms with Crippen LogP contribution >= 0.6 is 0 Å². The van der Waals surface area contributed by atoms with Crippen molar-refractivity contribution in [2.24, 2.45) is 0 Å². The zero-order valence-corrected chi connectivity index (χ0v) is 15.8. The van der Waals surface area contributed by atoms with Crippen LogP contribution in [-0.4, -0.2) is 48.6 Å². The number of aliphatic hydroxyl groups excluding tert-OH is 2. The molecular weight excluding hydrogens is 360 g/mol. The molecule has 6 heteroatoms. The molecule has 0 fully saturated rings. The summed E-state index contributed by atoms with van der Waals surface area (Å²) < 4.78 is 10.3. The summed E-state index contributed by atoms with van der Waals surface area (Å²) in [6.07, 6.45) is 2.49. The predicted molar refractivity (Wildman–Crippen MR) is 105 cm³/mol. The Hall–Kier alpha value is -2.70. The second kappa shape index (κ2) is 11.9. The highest BCUT2D eigenvalue weighted by molar-refractivity contribution is 5.91. The molecule has 2 rings (SSSR count). The maximum absolute atomic E-state index is 12.0. The van der Waals surface area contributed by atoms with Gasteiger partial charge in [-0.15, -0.1) is 0 Å². The molecule has 0 spiro atoms. The molecule has 0 aliphatic heterocycles. The molecule has 0 saturated heterocycles. The highest BCUT2D eigenvalue weighted by Gasteiger charge is 2.09. The Bertz CT molecular complexity index is 671. The minimum absolute atomic E-state index is 0.0898. The standard InChI is InChI=1S/C22H26O6/c23-13-1-3-15-27-21(25)19-9-5-17(6-10-19)18-7-11-20(12-8-18)22(26)28-16-4-2-14-24/h5-12,23-24H,1-4,13-16H2. The topological polar surface area (TPSA) is 93.1 Å². The third kappa shape index (κ3) is 6.79. The molecule has 0 saturated carbocycles. The Morgan fingerprint density at radius 2 is 0.964 bits per heavy atom. The molecule has 0 heterocycles. The van der Waals surface area contributed by atoms with Gasteiger partial charge in [0.2, 0.25) is 0 Å². The molecule has 2 N–H and O–H groups in total. The Balaban J connectivity index is 1.91. The van der Waals surface area contributed by atoms with Crippen LogP contribution < -0.4 is 0 Å². The molecule has 0 atom stereocenters. The van der Waals surface area contributed by atoms with Gasteiger partial charge in [0.25, 0.3) is 0 Å². The van der Waals surface area contributed by atoms with Crippen molar-refractivity contribution in [2.45, 2.75) is 25.7 Å². The lowest BCUT2D eigenvalue weighted by molar-refractivity contribution is 0.0484. The van der Waals surface area contributed by atoms with Crippen molar-refractivity contribution >= 4 is 11.9 Å². The van der Waals surface area contributed by atoms with Crippen LogP contribution in [0, 0.1) is 0 Å². The fraction of sp³-hybridized carbons (Fsp3) is 0.364. The van der Waals surface area contributed by atoms with Crippen molar-refractivity contribution in [3.05, 3.63) is 59.7 Å². The highest BCUT2D eigenvalue weighted by atomic mass is 16.5. The fourth-order valence-electron chi connectivity index (χ4n) is 2.52. The lowest BCUT2D eigenvalue weighted by Crippen LogP contribution is -2.07.